The minimum Gasteiger partial charge on any atom is -0.379 e. The number of rotatable bonds is 4. The van der Waals surface area contributed by atoms with Crippen LogP contribution in [-0.2, 0) is 4.74 Å². The molecule has 2 fully saturated rings. The number of ether oxygens (including phenoxy) is 1. The van der Waals surface area contributed by atoms with Gasteiger partial charge in [-0.2, -0.15) is 0 Å². The molecule has 0 amide bonds. The zero-order valence-corrected chi connectivity index (χ0v) is 16.9. The summed E-state index contributed by atoms with van der Waals surface area (Å²) in [4.78, 5) is 19.4. The second-order valence-corrected chi connectivity index (χ2v) is 8.13. The predicted octanol–water partition coefficient (Wildman–Crippen LogP) is 3.38. The van der Waals surface area contributed by atoms with Gasteiger partial charge in [-0.15, -0.1) is 0 Å². The molecule has 3 aromatic heterocycles. The number of aromatic nitrogens is 4. The van der Waals surface area contributed by atoms with Gasteiger partial charge in [0.05, 0.1) is 18.6 Å². The van der Waals surface area contributed by atoms with Crippen molar-refractivity contribution in [3.8, 4) is 11.1 Å². The van der Waals surface area contributed by atoms with Crippen molar-refractivity contribution in [2.75, 3.05) is 31.6 Å². The molecule has 0 atom stereocenters. The van der Waals surface area contributed by atoms with Crippen LogP contribution in [0.1, 0.15) is 31.4 Å². The van der Waals surface area contributed by atoms with E-state index in [2.05, 4.69) is 36.2 Å². The Kier molecular flexibility index (Phi) is 5.16. The van der Waals surface area contributed by atoms with Gasteiger partial charge in [-0.1, -0.05) is 6.07 Å². The SMILES string of the molecule is Cc1ccc(-c2c[nH]c3ncnc(NC4CCC(N5CCOCC5)CC4)c23)cn1. The zero-order valence-electron chi connectivity index (χ0n) is 16.9. The third-order valence-electron chi connectivity index (χ3n) is 6.29. The number of anilines is 1. The summed E-state index contributed by atoms with van der Waals surface area (Å²) in [6.07, 6.45) is 10.4. The van der Waals surface area contributed by atoms with E-state index in [1.165, 1.54) is 25.7 Å². The summed E-state index contributed by atoms with van der Waals surface area (Å²) in [6.45, 7) is 5.91. The van der Waals surface area contributed by atoms with Crippen LogP contribution in [0.2, 0.25) is 0 Å². The highest BCUT2D eigenvalue weighted by atomic mass is 16.5. The molecule has 1 saturated carbocycles. The predicted molar refractivity (Wildman–Crippen MR) is 114 cm³/mol. The summed E-state index contributed by atoms with van der Waals surface area (Å²) >= 11 is 0. The molecule has 7 nitrogen and oxygen atoms in total. The Morgan fingerprint density at radius 2 is 1.90 bits per heavy atom. The fourth-order valence-electron chi connectivity index (χ4n) is 4.65. The molecule has 0 aromatic carbocycles. The number of aryl methyl sites for hydroxylation is 1. The van der Waals surface area contributed by atoms with Crippen molar-refractivity contribution < 1.29 is 4.74 Å². The van der Waals surface area contributed by atoms with Crippen molar-refractivity contribution in [3.05, 3.63) is 36.5 Å². The second kappa shape index (κ2) is 8.08. The average Bonchev–Trinajstić information content (AvgIpc) is 3.21. The van der Waals surface area contributed by atoms with Crippen LogP contribution in [0.4, 0.5) is 5.82 Å². The van der Waals surface area contributed by atoms with Crippen molar-refractivity contribution in [2.45, 2.75) is 44.7 Å². The first-order valence-electron chi connectivity index (χ1n) is 10.6. The highest BCUT2D eigenvalue weighted by molar-refractivity contribution is 6.00. The number of hydrogen-bond acceptors (Lipinski definition) is 6. The number of aromatic amines is 1. The molecule has 5 rings (SSSR count). The summed E-state index contributed by atoms with van der Waals surface area (Å²) in [5, 5.41) is 4.77. The summed E-state index contributed by atoms with van der Waals surface area (Å²) < 4.78 is 5.50. The molecule has 3 aromatic rings. The molecule has 1 aliphatic carbocycles. The Hall–Kier alpha value is -2.51. The first-order chi connectivity index (χ1) is 14.3. The van der Waals surface area contributed by atoms with Crippen LogP contribution in [0.3, 0.4) is 0 Å². The van der Waals surface area contributed by atoms with Gasteiger partial charge in [0.1, 0.15) is 17.8 Å². The lowest BCUT2D eigenvalue weighted by molar-refractivity contribution is 0.00791. The maximum atomic E-state index is 5.50. The van der Waals surface area contributed by atoms with E-state index in [4.69, 9.17) is 4.74 Å². The molecule has 1 aliphatic heterocycles. The third-order valence-corrected chi connectivity index (χ3v) is 6.29. The van der Waals surface area contributed by atoms with E-state index in [9.17, 15) is 0 Å². The van der Waals surface area contributed by atoms with E-state index in [0.717, 1.165) is 60.0 Å². The number of nitrogens with zero attached hydrogens (tertiary/aromatic N) is 4. The Balaban J connectivity index is 1.33. The van der Waals surface area contributed by atoms with Crippen LogP contribution >= 0.6 is 0 Å². The number of fused-ring (bicyclic) bond motifs is 1. The highest BCUT2D eigenvalue weighted by Gasteiger charge is 2.27. The lowest BCUT2D eigenvalue weighted by Crippen LogP contribution is -2.46. The van der Waals surface area contributed by atoms with Crippen molar-refractivity contribution >= 4 is 16.9 Å². The summed E-state index contributed by atoms with van der Waals surface area (Å²) in [7, 11) is 0. The lowest BCUT2D eigenvalue weighted by Gasteiger charge is -2.39. The van der Waals surface area contributed by atoms with Gasteiger partial charge in [-0.3, -0.25) is 9.88 Å². The van der Waals surface area contributed by atoms with E-state index in [1.807, 2.05) is 25.4 Å². The van der Waals surface area contributed by atoms with Gasteiger partial charge in [-0.25, -0.2) is 9.97 Å². The fourth-order valence-corrected chi connectivity index (χ4v) is 4.65. The molecule has 0 bridgehead atoms. The molecule has 4 heterocycles. The lowest BCUT2D eigenvalue weighted by atomic mass is 9.90. The Morgan fingerprint density at radius 3 is 2.66 bits per heavy atom. The van der Waals surface area contributed by atoms with Gasteiger partial charge in [0.25, 0.3) is 0 Å². The molecule has 2 aliphatic rings. The minimum atomic E-state index is 0.448. The molecular weight excluding hydrogens is 364 g/mol. The average molecular weight is 393 g/mol. The number of hydrogen-bond donors (Lipinski definition) is 2. The number of nitrogens with one attached hydrogen (secondary N) is 2. The largest absolute Gasteiger partial charge is 0.379 e. The quantitative estimate of drug-likeness (QED) is 0.709. The maximum absolute atomic E-state index is 5.50. The molecule has 7 heteroatoms. The Morgan fingerprint density at radius 1 is 1.07 bits per heavy atom. The molecule has 0 spiro atoms. The number of morpholine rings is 1. The highest BCUT2D eigenvalue weighted by Crippen LogP contribution is 2.33. The first kappa shape index (κ1) is 18.5. The van der Waals surface area contributed by atoms with Crippen LogP contribution in [0.5, 0.6) is 0 Å². The molecule has 152 valence electrons. The molecular formula is C22H28N6O. The molecule has 1 saturated heterocycles. The number of pyridine rings is 1. The molecule has 2 N–H and O–H groups in total. The third kappa shape index (κ3) is 3.84. The summed E-state index contributed by atoms with van der Waals surface area (Å²) in [6, 6.07) is 5.29. The van der Waals surface area contributed by atoms with Crippen LogP contribution < -0.4 is 5.32 Å². The fraction of sp³-hybridized carbons (Fsp3) is 0.500. The molecule has 29 heavy (non-hydrogen) atoms. The topological polar surface area (TPSA) is 79.0 Å². The Bertz CT molecular complexity index is 955. The van der Waals surface area contributed by atoms with Gasteiger partial charge in [-0.05, 0) is 38.7 Å². The minimum absolute atomic E-state index is 0.448. The van der Waals surface area contributed by atoms with Gasteiger partial charge in [0, 0.05) is 54.4 Å². The van der Waals surface area contributed by atoms with Crippen LogP contribution in [0.15, 0.2) is 30.9 Å². The zero-order chi connectivity index (χ0) is 19.6. The maximum Gasteiger partial charge on any atom is 0.143 e. The Labute approximate surface area is 170 Å². The van der Waals surface area contributed by atoms with Crippen LogP contribution in [0.25, 0.3) is 22.2 Å². The standard InChI is InChI=1S/C22H28N6O/c1-15-2-3-16(12-23-15)19-13-24-21-20(19)22(26-14-25-21)27-17-4-6-18(7-5-17)28-8-10-29-11-9-28/h2-3,12-14,17-18H,4-11H2,1H3,(H2,24,25,26,27). The van der Waals surface area contributed by atoms with Gasteiger partial charge in [0.2, 0.25) is 0 Å². The van der Waals surface area contributed by atoms with Crippen molar-refractivity contribution in [2.24, 2.45) is 0 Å². The second-order valence-electron chi connectivity index (χ2n) is 8.13. The van der Waals surface area contributed by atoms with Gasteiger partial charge >= 0.3 is 0 Å². The van der Waals surface area contributed by atoms with E-state index >= 15 is 0 Å². The summed E-state index contributed by atoms with van der Waals surface area (Å²) in [5.74, 6) is 0.918. The van der Waals surface area contributed by atoms with Crippen LogP contribution in [-0.4, -0.2) is 63.2 Å². The van der Waals surface area contributed by atoms with Gasteiger partial charge < -0.3 is 15.0 Å². The van der Waals surface area contributed by atoms with E-state index in [0.29, 0.717) is 12.1 Å². The van der Waals surface area contributed by atoms with E-state index < -0.39 is 0 Å². The van der Waals surface area contributed by atoms with E-state index in [-0.39, 0.29) is 0 Å². The number of H-pyrrole nitrogens is 1. The first-order valence-corrected chi connectivity index (χ1v) is 10.6. The van der Waals surface area contributed by atoms with Crippen molar-refractivity contribution in [3.63, 3.8) is 0 Å². The monoisotopic (exact) mass is 392 g/mol. The summed E-state index contributed by atoms with van der Waals surface area (Å²) in [5.41, 5.74) is 4.05. The smallest absolute Gasteiger partial charge is 0.143 e. The normalized spacial score (nSPS) is 23.3. The molecule has 0 unspecified atom stereocenters. The van der Waals surface area contributed by atoms with Gasteiger partial charge in [0.15, 0.2) is 0 Å². The molecule has 0 radical (unpaired) electrons. The van der Waals surface area contributed by atoms with E-state index in [1.54, 1.807) is 6.33 Å². The van der Waals surface area contributed by atoms with Crippen LogP contribution in [0, 0.1) is 6.92 Å². The van der Waals surface area contributed by atoms with Crippen molar-refractivity contribution in [1.29, 1.82) is 0 Å². The van der Waals surface area contributed by atoms with Crippen molar-refractivity contribution in [1.82, 2.24) is 24.8 Å².